The first-order valence-corrected chi connectivity index (χ1v) is 4.77. The second-order valence-electron chi connectivity index (χ2n) is 3.12. The minimum Gasteiger partial charge on any atom is -0.435 e. The van der Waals surface area contributed by atoms with Gasteiger partial charge in [-0.1, -0.05) is 0 Å². The van der Waals surface area contributed by atoms with Crippen molar-refractivity contribution in [2.75, 3.05) is 11.5 Å². The Labute approximate surface area is 92.1 Å². The van der Waals surface area contributed by atoms with Gasteiger partial charge in [0.15, 0.2) is 5.75 Å². The molecule has 0 aliphatic rings. The Morgan fingerprint density at radius 3 is 2.81 bits per heavy atom. The summed E-state index contributed by atoms with van der Waals surface area (Å²) in [6.07, 6.45) is 3.35. The standard InChI is InChI=1S/C9H12N6O/c1-2-15-5-6(4-12-15)16-8-3-7(10)13-9(11)14-8/h3-5H,2H2,1H3,(H4,10,11,13,14). The molecule has 0 unspecified atom stereocenters. The highest BCUT2D eigenvalue weighted by molar-refractivity contribution is 5.39. The van der Waals surface area contributed by atoms with Gasteiger partial charge in [0.2, 0.25) is 11.8 Å². The summed E-state index contributed by atoms with van der Waals surface area (Å²) in [5.41, 5.74) is 11.0. The van der Waals surface area contributed by atoms with E-state index in [0.717, 1.165) is 6.54 Å². The Hall–Kier alpha value is -2.31. The van der Waals surface area contributed by atoms with Gasteiger partial charge in [0.25, 0.3) is 0 Å². The van der Waals surface area contributed by atoms with Crippen molar-refractivity contribution in [2.45, 2.75) is 13.5 Å². The van der Waals surface area contributed by atoms with Crippen LogP contribution >= 0.6 is 0 Å². The third kappa shape index (κ3) is 2.19. The van der Waals surface area contributed by atoms with Crippen molar-refractivity contribution in [1.82, 2.24) is 19.7 Å². The highest BCUT2D eigenvalue weighted by Crippen LogP contribution is 2.20. The maximum Gasteiger partial charge on any atom is 0.226 e. The molecule has 84 valence electrons. The van der Waals surface area contributed by atoms with Gasteiger partial charge in [-0.15, -0.1) is 0 Å². The molecule has 0 spiro atoms. The molecule has 0 atom stereocenters. The lowest BCUT2D eigenvalue weighted by Crippen LogP contribution is -2.00. The van der Waals surface area contributed by atoms with Gasteiger partial charge in [0.05, 0.1) is 12.4 Å². The molecule has 0 saturated heterocycles. The fraction of sp³-hybridized carbons (Fsp3) is 0.222. The first-order valence-electron chi connectivity index (χ1n) is 4.77. The van der Waals surface area contributed by atoms with E-state index in [9.17, 15) is 0 Å². The predicted octanol–water partition coefficient (Wildman–Crippen LogP) is 0.650. The van der Waals surface area contributed by atoms with Crippen LogP contribution in [0.15, 0.2) is 18.5 Å². The molecule has 2 rings (SSSR count). The SMILES string of the molecule is CCn1cc(Oc2cc(N)nc(N)n2)cn1. The third-order valence-electron chi connectivity index (χ3n) is 1.90. The molecule has 7 heteroatoms. The van der Waals surface area contributed by atoms with Crippen molar-refractivity contribution >= 4 is 11.8 Å². The number of rotatable bonds is 3. The lowest BCUT2D eigenvalue weighted by Gasteiger charge is -2.02. The van der Waals surface area contributed by atoms with Crippen LogP contribution in [0.4, 0.5) is 11.8 Å². The maximum absolute atomic E-state index is 5.51. The van der Waals surface area contributed by atoms with Gasteiger partial charge >= 0.3 is 0 Å². The number of aromatic nitrogens is 4. The molecule has 0 aliphatic carbocycles. The molecule has 2 aromatic rings. The number of hydrogen-bond acceptors (Lipinski definition) is 6. The number of hydrogen-bond donors (Lipinski definition) is 2. The van der Waals surface area contributed by atoms with Crippen LogP contribution in [0, 0.1) is 0 Å². The van der Waals surface area contributed by atoms with E-state index in [4.69, 9.17) is 16.2 Å². The Kier molecular flexibility index (Phi) is 2.59. The minimum absolute atomic E-state index is 0.0814. The fourth-order valence-corrected chi connectivity index (χ4v) is 1.20. The molecule has 16 heavy (non-hydrogen) atoms. The monoisotopic (exact) mass is 220 g/mol. The van der Waals surface area contributed by atoms with Gasteiger partial charge in [0.1, 0.15) is 5.82 Å². The summed E-state index contributed by atoms with van der Waals surface area (Å²) in [4.78, 5) is 7.63. The van der Waals surface area contributed by atoms with Crippen molar-refractivity contribution in [1.29, 1.82) is 0 Å². The number of aryl methyl sites for hydroxylation is 1. The van der Waals surface area contributed by atoms with E-state index >= 15 is 0 Å². The highest BCUT2D eigenvalue weighted by atomic mass is 16.5. The van der Waals surface area contributed by atoms with E-state index in [1.807, 2.05) is 6.92 Å². The molecule has 0 saturated carbocycles. The summed E-state index contributed by atoms with van der Waals surface area (Å²) < 4.78 is 7.17. The van der Waals surface area contributed by atoms with E-state index < -0.39 is 0 Å². The second kappa shape index (κ2) is 4.05. The molecule has 7 nitrogen and oxygen atoms in total. The lowest BCUT2D eigenvalue weighted by atomic mass is 10.5. The fourth-order valence-electron chi connectivity index (χ4n) is 1.20. The molecule has 2 aromatic heterocycles. The first kappa shape index (κ1) is 10.2. The highest BCUT2D eigenvalue weighted by Gasteiger charge is 2.04. The summed E-state index contributed by atoms with van der Waals surface area (Å²) in [5, 5.41) is 4.06. The number of ether oxygens (including phenoxy) is 1. The van der Waals surface area contributed by atoms with Crippen molar-refractivity contribution in [3.05, 3.63) is 18.5 Å². The van der Waals surface area contributed by atoms with Crippen molar-refractivity contribution < 1.29 is 4.74 Å². The largest absolute Gasteiger partial charge is 0.435 e. The average Bonchev–Trinajstić information content (AvgIpc) is 2.64. The van der Waals surface area contributed by atoms with Gasteiger partial charge in [0, 0.05) is 12.6 Å². The lowest BCUT2D eigenvalue weighted by molar-refractivity contribution is 0.462. The Balaban J connectivity index is 2.19. The Morgan fingerprint density at radius 2 is 2.19 bits per heavy atom. The zero-order valence-electron chi connectivity index (χ0n) is 8.79. The van der Waals surface area contributed by atoms with Crippen molar-refractivity contribution in [3.8, 4) is 11.6 Å². The van der Waals surface area contributed by atoms with Crippen molar-refractivity contribution in [3.63, 3.8) is 0 Å². The Morgan fingerprint density at radius 1 is 1.38 bits per heavy atom. The molecule has 0 aliphatic heterocycles. The quantitative estimate of drug-likeness (QED) is 0.786. The first-order chi connectivity index (χ1) is 7.67. The van der Waals surface area contributed by atoms with Gasteiger partial charge in [-0.05, 0) is 6.92 Å². The number of nitrogens with zero attached hydrogens (tertiary/aromatic N) is 4. The number of anilines is 2. The molecular formula is C9H12N6O. The summed E-state index contributed by atoms with van der Waals surface area (Å²) in [6.45, 7) is 2.76. The second-order valence-corrected chi connectivity index (χ2v) is 3.12. The summed E-state index contributed by atoms with van der Waals surface area (Å²) in [6, 6.07) is 1.50. The molecule has 4 N–H and O–H groups in total. The van der Waals surface area contributed by atoms with Gasteiger partial charge in [-0.25, -0.2) is 0 Å². The average molecular weight is 220 g/mol. The van der Waals surface area contributed by atoms with E-state index in [1.54, 1.807) is 17.1 Å². The van der Waals surface area contributed by atoms with Crippen LogP contribution in [0.1, 0.15) is 6.92 Å². The zero-order valence-corrected chi connectivity index (χ0v) is 8.79. The van der Waals surface area contributed by atoms with Crippen LogP contribution in [-0.4, -0.2) is 19.7 Å². The number of nitrogens with two attached hydrogens (primary N) is 2. The van der Waals surface area contributed by atoms with Crippen LogP contribution in [0.2, 0.25) is 0 Å². The van der Waals surface area contributed by atoms with Crippen LogP contribution in [0.25, 0.3) is 0 Å². The number of nitrogen functional groups attached to an aromatic ring is 2. The van der Waals surface area contributed by atoms with Crippen LogP contribution in [-0.2, 0) is 6.54 Å². The van der Waals surface area contributed by atoms with Gasteiger partial charge in [-0.2, -0.15) is 15.1 Å². The minimum atomic E-state index is 0.0814. The summed E-state index contributed by atoms with van der Waals surface area (Å²) in [7, 11) is 0. The van der Waals surface area contributed by atoms with Crippen molar-refractivity contribution in [2.24, 2.45) is 0 Å². The summed E-state index contributed by atoms with van der Waals surface area (Å²) >= 11 is 0. The molecule has 0 fully saturated rings. The molecular weight excluding hydrogens is 208 g/mol. The topological polar surface area (TPSA) is 105 Å². The van der Waals surface area contributed by atoms with E-state index in [2.05, 4.69) is 15.1 Å². The molecule has 0 amide bonds. The van der Waals surface area contributed by atoms with Gasteiger partial charge in [-0.3, -0.25) is 4.68 Å². The van der Waals surface area contributed by atoms with Crippen LogP contribution in [0.3, 0.4) is 0 Å². The molecule has 0 aromatic carbocycles. The molecule has 2 heterocycles. The Bertz CT molecular complexity index is 474. The van der Waals surface area contributed by atoms with Crippen LogP contribution < -0.4 is 16.2 Å². The van der Waals surface area contributed by atoms with E-state index in [-0.39, 0.29) is 11.8 Å². The van der Waals surface area contributed by atoms with E-state index in [1.165, 1.54) is 6.07 Å². The maximum atomic E-state index is 5.51. The predicted molar refractivity (Wildman–Crippen MR) is 58.8 cm³/mol. The molecule has 0 bridgehead atoms. The van der Waals surface area contributed by atoms with Gasteiger partial charge < -0.3 is 16.2 Å². The van der Waals surface area contributed by atoms with Crippen LogP contribution in [0.5, 0.6) is 11.6 Å². The zero-order chi connectivity index (χ0) is 11.5. The summed E-state index contributed by atoms with van der Waals surface area (Å²) in [5.74, 6) is 1.24. The van der Waals surface area contributed by atoms with E-state index in [0.29, 0.717) is 11.6 Å². The molecule has 0 radical (unpaired) electrons. The normalized spacial score (nSPS) is 10.3. The smallest absolute Gasteiger partial charge is 0.226 e. The third-order valence-corrected chi connectivity index (χ3v) is 1.90.